The molecule has 0 aliphatic heterocycles. The Morgan fingerprint density at radius 2 is 2.30 bits per heavy atom. The van der Waals surface area contributed by atoms with E-state index in [1.807, 2.05) is 7.05 Å². The van der Waals surface area contributed by atoms with Gasteiger partial charge in [0, 0.05) is 20.8 Å². The number of hydrogen-bond donors (Lipinski definition) is 1. The minimum Gasteiger partial charge on any atom is -0.488 e. The lowest BCUT2D eigenvalue weighted by Gasteiger charge is -2.25. The Labute approximate surface area is 132 Å². The summed E-state index contributed by atoms with van der Waals surface area (Å²) in [5.41, 5.74) is 2.87. The third-order valence-corrected chi connectivity index (χ3v) is 5.45. The van der Waals surface area contributed by atoms with Gasteiger partial charge in [0.15, 0.2) is 0 Å². The van der Waals surface area contributed by atoms with E-state index >= 15 is 0 Å². The van der Waals surface area contributed by atoms with Gasteiger partial charge in [-0.05, 0) is 71.6 Å². The van der Waals surface area contributed by atoms with E-state index in [9.17, 15) is 0 Å². The summed E-state index contributed by atoms with van der Waals surface area (Å²) in [6.45, 7) is 0.643. The first kappa shape index (κ1) is 14.1. The Kier molecular flexibility index (Phi) is 4.44. The summed E-state index contributed by atoms with van der Waals surface area (Å²) in [4.78, 5) is 1.24. The van der Waals surface area contributed by atoms with Crippen molar-refractivity contribution in [1.82, 2.24) is 5.32 Å². The summed E-state index contributed by atoms with van der Waals surface area (Å²) >= 11 is 5.19. The highest BCUT2D eigenvalue weighted by Gasteiger charge is 2.18. The molecular weight excluding hydrogens is 334 g/mol. The van der Waals surface area contributed by atoms with Gasteiger partial charge >= 0.3 is 0 Å². The number of ether oxygens (including phenoxy) is 1. The monoisotopic (exact) mass is 351 g/mol. The number of halogens is 1. The Morgan fingerprint density at radius 1 is 1.40 bits per heavy atom. The molecule has 1 aliphatic carbocycles. The second-order valence-corrected chi connectivity index (χ2v) is 7.03. The normalized spacial score (nSPS) is 17.8. The topological polar surface area (TPSA) is 21.3 Å². The van der Waals surface area contributed by atoms with Crippen LogP contribution in [0.15, 0.2) is 34.1 Å². The van der Waals surface area contributed by atoms with Gasteiger partial charge in [-0.3, -0.25) is 0 Å². The molecule has 0 spiro atoms. The van der Waals surface area contributed by atoms with Crippen LogP contribution in [0.25, 0.3) is 0 Å². The molecule has 0 fully saturated rings. The number of aryl methyl sites for hydroxylation is 1. The van der Waals surface area contributed by atoms with Crippen molar-refractivity contribution in [2.75, 3.05) is 7.05 Å². The third-order valence-electron chi connectivity index (χ3n) is 3.78. The largest absolute Gasteiger partial charge is 0.488 e. The average Bonchev–Trinajstić information content (AvgIpc) is 2.89. The van der Waals surface area contributed by atoms with E-state index in [0.29, 0.717) is 12.6 Å². The number of hydrogen-bond acceptors (Lipinski definition) is 3. The Balaban J connectivity index is 1.72. The zero-order valence-electron chi connectivity index (χ0n) is 11.5. The standard InChI is InChI=1S/C16H18BrNOS/c1-18-16-4-2-3-11-7-13(5-6-15(11)16)19-9-14-8-12(17)10-20-14/h5-8,10,16,18H,2-4,9H2,1H3. The smallest absolute Gasteiger partial charge is 0.122 e. The van der Waals surface area contributed by atoms with Gasteiger partial charge in [0.05, 0.1) is 0 Å². The first-order valence-corrected chi connectivity index (χ1v) is 8.59. The van der Waals surface area contributed by atoms with Gasteiger partial charge < -0.3 is 10.1 Å². The van der Waals surface area contributed by atoms with Gasteiger partial charge in [-0.15, -0.1) is 11.3 Å². The van der Waals surface area contributed by atoms with Crippen LogP contribution >= 0.6 is 27.3 Å². The van der Waals surface area contributed by atoms with Crippen LogP contribution in [0.5, 0.6) is 5.75 Å². The summed E-state index contributed by atoms with van der Waals surface area (Å²) in [6.07, 6.45) is 3.64. The van der Waals surface area contributed by atoms with Gasteiger partial charge in [-0.25, -0.2) is 0 Å². The van der Waals surface area contributed by atoms with Crippen LogP contribution in [0.4, 0.5) is 0 Å². The van der Waals surface area contributed by atoms with E-state index in [1.165, 1.54) is 28.8 Å². The fourth-order valence-electron chi connectivity index (χ4n) is 2.76. The molecule has 2 nitrogen and oxygen atoms in total. The molecule has 1 aromatic heterocycles. The molecule has 0 saturated heterocycles. The van der Waals surface area contributed by atoms with Crippen molar-refractivity contribution >= 4 is 27.3 Å². The molecule has 1 heterocycles. The van der Waals surface area contributed by atoms with E-state index in [2.05, 4.69) is 50.9 Å². The Hall–Kier alpha value is -0.840. The maximum atomic E-state index is 5.91. The van der Waals surface area contributed by atoms with E-state index in [4.69, 9.17) is 4.74 Å². The minimum atomic E-state index is 0.501. The summed E-state index contributed by atoms with van der Waals surface area (Å²) in [6, 6.07) is 9.13. The first-order chi connectivity index (χ1) is 9.76. The van der Waals surface area contributed by atoms with Gasteiger partial charge in [-0.1, -0.05) is 6.07 Å². The first-order valence-electron chi connectivity index (χ1n) is 6.92. The van der Waals surface area contributed by atoms with Crippen molar-refractivity contribution in [3.05, 3.63) is 50.1 Å². The summed E-state index contributed by atoms with van der Waals surface area (Å²) in [5.74, 6) is 0.977. The van der Waals surface area contributed by atoms with Crippen molar-refractivity contribution in [2.45, 2.75) is 31.9 Å². The van der Waals surface area contributed by atoms with Crippen molar-refractivity contribution in [2.24, 2.45) is 0 Å². The molecule has 106 valence electrons. The highest BCUT2D eigenvalue weighted by atomic mass is 79.9. The number of nitrogens with one attached hydrogen (secondary N) is 1. The van der Waals surface area contributed by atoms with E-state index in [0.717, 1.165) is 16.6 Å². The number of rotatable bonds is 4. The maximum absolute atomic E-state index is 5.91. The molecule has 3 rings (SSSR count). The SMILES string of the molecule is CNC1CCCc2cc(OCc3cc(Br)cs3)ccc21. The van der Waals surface area contributed by atoms with E-state index in [1.54, 1.807) is 11.3 Å². The molecule has 1 N–H and O–H groups in total. The van der Waals surface area contributed by atoms with E-state index in [-0.39, 0.29) is 0 Å². The minimum absolute atomic E-state index is 0.501. The van der Waals surface area contributed by atoms with Gasteiger partial charge in [0.2, 0.25) is 0 Å². The quantitative estimate of drug-likeness (QED) is 0.862. The van der Waals surface area contributed by atoms with Gasteiger partial charge in [-0.2, -0.15) is 0 Å². The molecule has 1 aliphatic rings. The molecule has 1 unspecified atom stereocenters. The Morgan fingerprint density at radius 3 is 3.05 bits per heavy atom. The molecule has 20 heavy (non-hydrogen) atoms. The van der Waals surface area contributed by atoms with Gasteiger partial charge in [0.25, 0.3) is 0 Å². The fourth-order valence-corrected chi connectivity index (χ4v) is 4.13. The predicted molar refractivity (Wildman–Crippen MR) is 87.5 cm³/mol. The van der Waals surface area contributed by atoms with Crippen LogP contribution in [0, 0.1) is 0 Å². The molecule has 0 radical (unpaired) electrons. The van der Waals surface area contributed by atoms with Crippen molar-refractivity contribution in [3.8, 4) is 5.75 Å². The Bertz CT molecular complexity index is 596. The summed E-state index contributed by atoms with van der Waals surface area (Å²) in [5, 5.41) is 5.48. The lowest BCUT2D eigenvalue weighted by Crippen LogP contribution is -2.21. The molecule has 1 aromatic carbocycles. The van der Waals surface area contributed by atoms with Crippen molar-refractivity contribution < 1.29 is 4.74 Å². The lowest BCUT2D eigenvalue weighted by atomic mass is 9.87. The van der Waals surface area contributed by atoms with Crippen molar-refractivity contribution in [1.29, 1.82) is 0 Å². The van der Waals surface area contributed by atoms with Crippen LogP contribution in [-0.2, 0) is 13.0 Å². The number of benzene rings is 1. The number of fused-ring (bicyclic) bond motifs is 1. The molecule has 1 atom stereocenters. The molecule has 0 bridgehead atoms. The van der Waals surface area contributed by atoms with Crippen LogP contribution in [0.2, 0.25) is 0 Å². The maximum Gasteiger partial charge on any atom is 0.122 e. The highest BCUT2D eigenvalue weighted by molar-refractivity contribution is 9.10. The molecule has 4 heteroatoms. The third kappa shape index (κ3) is 3.08. The van der Waals surface area contributed by atoms with Crippen LogP contribution in [0.1, 0.15) is 34.9 Å². The predicted octanol–water partition coefficient (Wildman–Crippen LogP) is 4.69. The molecule has 0 saturated carbocycles. The van der Waals surface area contributed by atoms with E-state index < -0.39 is 0 Å². The van der Waals surface area contributed by atoms with Crippen molar-refractivity contribution in [3.63, 3.8) is 0 Å². The summed E-state index contributed by atoms with van der Waals surface area (Å²) in [7, 11) is 2.04. The van der Waals surface area contributed by atoms with Crippen LogP contribution < -0.4 is 10.1 Å². The molecular formula is C16H18BrNOS. The second kappa shape index (κ2) is 6.29. The van der Waals surface area contributed by atoms with Crippen LogP contribution in [0.3, 0.4) is 0 Å². The average molecular weight is 352 g/mol. The highest BCUT2D eigenvalue weighted by Crippen LogP contribution is 2.32. The molecule has 2 aromatic rings. The zero-order chi connectivity index (χ0) is 13.9. The fraction of sp³-hybridized carbons (Fsp3) is 0.375. The van der Waals surface area contributed by atoms with Gasteiger partial charge in [0.1, 0.15) is 12.4 Å². The summed E-state index contributed by atoms with van der Waals surface area (Å²) < 4.78 is 7.04. The molecule has 0 amide bonds. The second-order valence-electron chi connectivity index (χ2n) is 5.11. The van der Waals surface area contributed by atoms with Crippen LogP contribution in [-0.4, -0.2) is 7.05 Å². The number of thiophene rings is 1. The zero-order valence-corrected chi connectivity index (χ0v) is 13.9. The lowest BCUT2D eigenvalue weighted by molar-refractivity contribution is 0.309.